The van der Waals surface area contributed by atoms with Crippen LogP contribution in [0.2, 0.25) is 0 Å². The van der Waals surface area contributed by atoms with Crippen molar-refractivity contribution >= 4 is 5.78 Å². The van der Waals surface area contributed by atoms with Crippen LogP contribution in [0.1, 0.15) is 35.4 Å². The molecule has 52 heavy (non-hydrogen) atoms. The molecule has 0 aliphatic carbocycles. The van der Waals surface area contributed by atoms with E-state index < -0.39 is 123 Å². The maximum Gasteiger partial charge on any atom is 0.229 e. The third kappa shape index (κ3) is 7.43. The molecule has 288 valence electrons. The lowest BCUT2D eigenvalue weighted by Gasteiger charge is -2.48. The molecule has 4 aliphatic heterocycles. The van der Waals surface area contributed by atoms with E-state index in [2.05, 4.69) is 0 Å². The van der Waals surface area contributed by atoms with Crippen molar-refractivity contribution < 1.29 is 94.1 Å². The Labute approximate surface area is 295 Å². The Morgan fingerprint density at radius 2 is 1.27 bits per heavy atom. The van der Waals surface area contributed by atoms with Gasteiger partial charge < -0.3 is 89.3 Å². The summed E-state index contributed by atoms with van der Waals surface area (Å²) >= 11 is 0. The molecule has 1 unspecified atom stereocenters. The van der Waals surface area contributed by atoms with E-state index in [9.17, 15) is 61.0 Å². The fraction of sp³-hybridized carbons (Fsp3) is 0.606. The van der Waals surface area contributed by atoms with E-state index in [0.29, 0.717) is 5.56 Å². The highest BCUT2D eigenvalue weighted by Crippen LogP contribution is 2.43. The Kier molecular flexibility index (Phi) is 11.6. The maximum absolute atomic E-state index is 13.1. The topological polar surface area (TPSA) is 304 Å². The zero-order valence-electron chi connectivity index (χ0n) is 27.5. The van der Waals surface area contributed by atoms with Gasteiger partial charge in [0.25, 0.3) is 0 Å². The fourth-order valence-electron chi connectivity index (χ4n) is 6.54. The number of aliphatic hydroxyl groups is 9. The Hall–Kier alpha value is -3.25. The number of ketones is 1. The standard InChI is InChI=1S/C33H42O19/c1-11-22(39)25(42)27(44)31(46-11)52-30-29(51-32-28(45)26(43)23(40)19(9-34)49-32)24(41)20(10-35)50-33(30)47-14-6-15(37)21-16(38)8-17(48-18(21)7-14)12-2-4-13(36)5-3-12/h2-7,11,17,19-20,22-37,39-45H,8-10H2,1H3/t11-,17?,19+,20+,22-,23+,24+,25+,26-,27+,28+,29-,30+,31-,32+,33+/m0/s1. The summed E-state index contributed by atoms with van der Waals surface area (Å²) in [7, 11) is 0. The van der Waals surface area contributed by atoms with Crippen molar-refractivity contribution in [1.29, 1.82) is 0 Å². The average molecular weight is 743 g/mol. The Morgan fingerprint density at radius 1 is 0.692 bits per heavy atom. The molecule has 2 aromatic rings. The molecule has 3 saturated heterocycles. The van der Waals surface area contributed by atoms with Gasteiger partial charge in [0.05, 0.1) is 25.7 Å². The number of hydrogen-bond donors (Lipinski definition) is 11. The van der Waals surface area contributed by atoms with Crippen LogP contribution in [0.25, 0.3) is 0 Å². The molecule has 19 nitrogen and oxygen atoms in total. The first kappa shape index (κ1) is 38.5. The molecule has 19 heteroatoms. The summed E-state index contributed by atoms with van der Waals surface area (Å²) in [4.78, 5) is 13.1. The summed E-state index contributed by atoms with van der Waals surface area (Å²) in [6, 6.07) is 8.26. The van der Waals surface area contributed by atoms with Crippen LogP contribution in [0.15, 0.2) is 36.4 Å². The van der Waals surface area contributed by atoms with Gasteiger partial charge in [0.1, 0.15) is 95.7 Å². The minimum Gasteiger partial charge on any atom is -0.508 e. The number of hydrogen-bond acceptors (Lipinski definition) is 19. The van der Waals surface area contributed by atoms with Crippen LogP contribution >= 0.6 is 0 Å². The number of rotatable bonds is 9. The number of phenols is 2. The number of Topliss-reactive ketones (excluding diaryl/α,β-unsaturated/α-hetero) is 1. The summed E-state index contributed by atoms with van der Waals surface area (Å²) < 4.78 is 40.8. The molecule has 3 fully saturated rings. The van der Waals surface area contributed by atoms with Crippen LogP contribution in [0.3, 0.4) is 0 Å². The zero-order valence-corrected chi connectivity index (χ0v) is 27.5. The Bertz CT molecular complexity index is 1540. The molecule has 11 N–H and O–H groups in total. The van der Waals surface area contributed by atoms with E-state index >= 15 is 0 Å². The third-order valence-electron chi connectivity index (χ3n) is 9.53. The van der Waals surface area contributed by atoms with Crippen molar-refractivity contribution in [3.63, 3.8) is 0 Å². The van der Waals surface area contributed by atoms with E-state index in [-0.39, 0.29) is 29.2 Å². The SMILES string of the molecule is C[C@@H]1O[C@@H](O[C@H]2[C@H](Oc3cc(O)c4c(c3)OC(c3ccc(O)cc3)CC4=O)O[C@H](CO)[C@@H](O)[C@@H]2O[C@H]2O[C@H](CO)[C@@H](O)[C@H](O)[C@H]2O)[C@H](O)[C@H](O)[C@H]1O. The van der Waals surface area contributed by atoms with Crippen molar-refractivity contribution in [2.75, 3.05) is 13.2 Å². The lowest BCUT2D eigenvalue weighted by atomic mass is 9.95. The van der Waals surface area contributed by atoms with Gasteiger partial charge in [-0.05, 0) is 24.6 Å². The van der Waals surface area contributed by atoms with E-state index in [0.717, 1.165) is 6.07 Å². The molecule has 0 radical (unpaired) electrons. The van der Waals surface area contributed by atoms with Crippen molar-refractivity contribution in [3.8, 4) is 23.0 Å². The molecule has 6 rings (SSSR count). The van der Waals surface area contributed by atoms with Gasteiger partial charge in [0, 0.05) is 12.1 Å². The van der Waals surface area contributed by atoms with E-state index in [4.69, 9.17) is 33.2 Å². The van der Waals surface area contributed by atoms with Gasteiger partial charge in [-0.2, -0.15) is 0 Å². The van der Waals surface area contributed by atoms with E-state index in [1.165, 1.54) is 25.1 Å². The molecule has 4 heterocycles. The van der Waals surface area contributed by atoms with Crippen molar-refractivity contribution in [2.45, 2.75) is 112 Å². The Balaban J connectivity index is 1.34. The zero-order chi connectivity index (χ0) is 37.6. The predicted molar refractivity (Wildman–Crippen MR) is 167 cm³/mol. The minimum absolute atomic E-state index is 0.00436. The smallest absolute Gasteiger partial charge is 0.229 e. The monoisotopic (exact) mass is 742 g/mol. The van der Waals surface area contributed by atoms with Gasteiger partial charge >= 0.3 is 0 Å². The number of phenolic OH excluding ortho intramolecular Hbond substituents is 2. The second-order valence-corrected chi connectivity index (χ2v) is 13.1. The van der Waals surface area contributed by atoms with Crippen LogP contribution < -0.4 is 9.47 Å². The minimum atomic E-state index is -1.96. The van der Waals surface area contributed by atoms with Crippen LogP contribution in [-0.4, -0.2) is 167 Å². The van der Waals surface area contributed by atoms with Crippen LogP contribution in [0.4, 0.5) is 0 Å². The Morgan fingerprint density at radius 3 is 1.92 bits per heavy atom. The second-order valence-electron chi connectivity index (χ2n) is 13.1. The fourth-order valence-corrected chi connectivity index (χ4v) is 6.54. The maximum atomic E-state index is 13.1. The molecule has 2 aromatic carbocycles. The highest BCUT2D eigenvalue weighted by Gasteiger charge is 2.54. The van der Waals surface area contributed by atoms with Gasteiger partial charge in [-0.1, -0.05) is 12.1 Å². The molecule has 16 atom stereocenters. The van der Waals surface area contributed by atoms with Crippen molar-refractivity contribution in [3.05, 3.63) is 47.5 Å². The quantitative estimate of drug-likeness (QED) is 0.120. The number of carbonyl (C=O) groups excluding carboxylic acids is 1. The highest BCUT2D eigenvalue weighted by molar-refractivity contribution is 6.02. The third-order valence-corrected chi connectivity index (χ3v) is 9.53. The summed E-state index contributed by atoms with van der Waals surface area (Å²) in [5, 5.41) is 115. The second kappa shape index (κ2) is 15.6. The molecular formula is C33H42O19. The van der Waals surface area contributed by atoms with Crippen molar-refractivity contribution in [2.24, 2.45) is 0 Å². The predicted octanol–water partition coefficient (Wildman–Crippen LogP) is -3.34. The summed E-state index contributed by atoms with van der Waals surface area (Å²) in [5.41, 5.74) is 0.403. The number of fused-ring (bicyclic) bond motifs is 1. The van der Waals surface area contributed by atoms with Crippen molar-refractivity contribution in [1.82, 2.24) is 0 Å². The van der Waals surface area contributed by atoms with Crippen LogP contribution in [0, 0.1) is 0 Å². The number of aromatic hydroxyl groups is 2. The van der Waals surface area contributed by atoms with Gasteiger partial charge in [0.2, 0.25) is 6.29 Å². The lowest BCUT2D eigenvalue weighted by Crippen LogP contribution is -2.67. The lowest BCUT2D eigenvalue weighted by molar-refractivity contribution is -0.383. The molecule has 0 bridgehead atoms. The average Bonchev–Trinajstić information content (AvgIpc) is 3.11. The van der Waals surface area contributed by atoms with E-state index in [1.807, 2.05) is 0 Å². The molecule has 0 saturated carbocycles. The number of ether oxygens (including phenoxy) is 7. The summed E-state index contributed by atoms with van der Waals surface area (Å²) in [6.07, 6.45) is -26.5. The van der Waals surface area contributed by atoms with Gasteiger partial charge in [-0.3, -0.25) is 4.79 Å². The molecule has 4 aliphatic rings. The number of benzene rings is 2. The first-order valence-electron chi connectivity index (χ1n) is 16.5. The van der Waals surface area contributed by atoms with E-state index in [1.54, 1.807) is 12.1 Å². The molecule has 0 amide bonds. The number of aliphatic hydroxyl groups excluding tert-OH is 9. The molecule has 0 aromatic heterocycles. The normalized spacial score (nSPS) is 40.8. The van der Waals surface area contributed by atoms with Gasteiger partial charge in [-0.25, -0.2) is 0 Å². The van der Waals surface area contributed by atoms with Crippen LogP contribution in [-0.2, 0) is 23.7 Å². The highest BCUT2D eigenvalue weighted by atomic mass is 16.8. The molecule has 0 spiro atoms. The number of carbonyl (C=O) groups is 1. The largest absolute Gasteiger partial charge is 0.508 e. The molecular weight excluding hydrogens is 700 g/mol. The summed E-state index contributed by atoms with van der Waals surface area (Å²) in [6.45, 7) is -0.289. The van der Waals surface area contributed by atoms with Gasteiger partial charge in [-0.15, -0.1) is 0 Å². The first-order chi connectivity index (χ1) is 24.7. The first-order valence-corrected chi connectivity index (χ1v) is 16.5. The summed E-state index contributed by atoms with van der Waals surface area (Å²) in [5.74, 6) is -1.31. The van der Waals surface area contributed by atoms with Crippen LogP contribution in [0.5, 0.6) is 23.0 Å². The van der Waals surface area contributed by atoms with Gasteiger partial charge in [0.15, 0.2) is 24.5 Å².